The van der Waals surface area contributed by atoms with Crippen molar-refractivity contribution in [1.29, 1.82) is 0 Å². The topological polar surface area (TPSA) is 100 Å². The minimum Gasteiger partial charge on any atom is -0.504 e. The number of allylic oxidation sites excluding steroid dienone is 1. The Morgan fingerprint density at radius 3 is 2.96 bits per heavy atom. The Bertz CT molecular complexity index is 1020. The van der Waals surface area contributed by atoms with Crippen LogP contribution in [0.5, 0.6) is 11.5 Å². The molecule has 0 radical (unpaired) electrons. The molecule has 3 heterocycles. The molecule has 1 aliphatic heterocycles. The van der Waals surface area contributed by atoms with E-state index in [1.165, 1.54) is 6.07 Å². The van der Waals surface area contributed by atoms with Crippen LogP contribution in [0.2, 0.25) is 0 Å². The summed E-state index contributed by atoms with van der Waals surface area (Å²) < 4.78 is 11.2. The van der Waals surface area contributed by atoms with Crippen LogP contribution in [0.1, 0.15) is 11.3 Å². The van der Waals surface area contributed by atoms with Crippen LogP contribution in [-0.2, 0) is 0 Å². The predicted octanol–water partition coefficient (Wildman–Crippen LogP) is 3.75. The molecule has 3 N–H and O–H groups in total. The van der Waals surface area contributed by atoms with Gasteiger partial charge in [-0.25, -0.2) is 9.98 Å². The summed E-state index contributed by atoms with van der Waals surface area (Å²) in [4.78, 5) is 8.43. The molecule has 0 bridgehead atoms. The molecule has 7 nitrogen and oxygen atoms in total. The minimum atomic E-state index is -0.0779. The van der Waals surface area contributed by atoms with Gasteiger partial charge in [0.1, 0.15) is 12.4 Å². The summed E-state index contributed by atoms with van der Waals surface area (Å²) in [6.07, 6.45) is 5.08. The van der Waals surface area contributed by atoms with Gasteiger partial charge < -0.3 is 24.7 Å². The van der Waals surface area contributed by atoms with Crippen molar-refractivity contribution >= 4 is 35.3 Å². The van der Waals surface area contributed by atoms with E-state index < -0.39 is 0 Å². The molecule has 0 saturated heterocycles. The molecular weight excluding hydrogens is 346 g/mol. The van der Waals surface area contributed by atoms with E-state index in [-0.39, 0.29) is 19.0 Å². The number of benzene rings is 1. The summed E-state index contributed by atoms with van der Waals surface area (Å²) in [7, 11) is 0. The second-order valence-corrected chi connectivity index (χ2v) is 5.79. The van der Waals surface area contributed by atoms with Crippen molar-refractivity contribution in [2.45, 2.75) is 0 Å². The molecule has 0 unspecified atom stereocenters. The van der Waals surface area contributed by atoms with Gasteiger partial charge >= 0.3 is 0 Å². The maximum absolute atomic E-state index is 10.2. The van der Waals surface area contributed by atoms with Gasteiger partial charge in [-0.1, -0.05) is 12.1 Å². The van der Waals surface area contributed by atoms with Crippen molar-refractivity contribution < 1.29 is 19.4 Å². The van der Waals surface area contributed by atoms with Crippen molar-refractivity contribution in [2.24, 2.45) is 4.99 Å². The highest BCUT2D eigenvalue weighted by Crippen LogP contribution is 2.36. The summed E-state index contributed by atoms with van der Waals surface area (Å²) >= 11 is 0. The lowest BCUT2D eigenvalue weighted by Crippen LogP contribution is -2.03. The van der Waals surface area contributed by atoms with Crippen molar-refractivity contribution in [1.82, 2.24) is 4.98 Å². The number of nitrogens with zero attached hydrogens (tertiary/aromatic N) is 2. The zero-order valence-corrected chi connectivity index (χ0v) is 14.3. The third-order valence-corrected chi connectivity index (χ3v) is 3.94. The Balaban J connectivity index is 1.59. The monoisotopic (exact) mass is 363 g/mol. The molecule has 0 fully saturated rings. The fraction of sp³-hybridized carbons (Fsp3) is 0.100. The lowest BCUT2D eigenvalue weighted by Gasteiger charge is -2.10. The van der Waals surface area contributed by atoms with Crippen molar-refractivity contribution in [3.05, 3.63) is 60.0 Å². The summed E-state index contributed by atoms with van der Waals surface area (Å²) in [6.45, 7) is 0.109. The van der Waals surface area contributed by atoms with Crippen LogP contribution in [0.15, 0.2) is 58.1 Å². The van der Waals surface area contributed by atoms with E-state index in [9.17, 15) is 5.11 Å². The third kappa shape index (κ3) is 3.54. The Kier molecular flexibility index (Phi) is 4.59. The standard InChI is InChI=1S/C20H17N3O4/c24-8-9-26-17-6-2-1-5-15(17)23-19-11-16(25)18(27-19)10-13-12-22-20-14(13)4-3-7-21-20/h1-7,10-12,23-25H,8-9H2. The van der Waals surface area contributed by atoms with Gasteiger partial charge in [0, 0.05) is 29.6 Å². The lowest BCUT2D eigenvalue weighted by atomic mass is 10.1. The third-order valence-electron chi connectivity index (χ3n) is 3.94. The molecule has 0 saturated carbocycles. The van der Waals surface area contributed by atoms with Crippen LogP contribution < -0.4 is 10.1 Å². The number of anilines is 2. The van der Waals surface area contributed by atoms with Crippen LogP contribution in [0.3, 0.4) is 0 Å². The molecule has 3 aromatic rings. The lowest BCUT2D eigenvalue weighted by molar-refractivity contribution is 0.202. The van der Waals surface area contributed by atoms with Crippen molar-refractivity contribution in [3.63, 3.8) is 0 Å². The summed E-state index contributed by atoms with van der Waals surface area (Å²) in [5.74, 6) is 1.89. The predicted molar refractivity (Wildman–Crippen MR) is 103 cm³/mol. The van der Waals surface area contributed by atoms with Crippen molar-refractivity contribution in [2.75, 3.05) is 18.5 Å². The molecule has 0 atom stereocenters. The normalized spacial score (nSPS) is 13.7. The van der Waals surface area contributed by atoms with Gasteiger partial charge in [-0.2, -0.15) is 0 Å². The highest BCUT2D eigenvalue weighted by Gasteiger charge is 2.16. The molecule has 2 aromatic heterocycles. The van der Waals surface area contributed by atoms with Gasteiger partial charge in [0.05, 0.1) is 12.3 Å². The highest BCUT2D eigenvalue weighted by molar-refractivity contribution is 6.20. The van der Waals surface area contributed by atoms with Gasteiger partial charge in [-0.05, 0) is 30.3 Å². The number of hydrogen-bond donors (Lipinski definition) is 3. The van der Waals surface area contributed by atoms with E-state index in [0.717, 1.165) is 11.1 Å². The zero-order chi connectivity index (χ0) is 18.6. The number of para-hydroxylation sites is 2. The molecule has 4 rings (SSSR count). The smallest absolute Gasteiger partial charge is 0.201 e. The number of ether oxygens (including phenoxy) is 1. The number of nitrogens with one attached hydrogen (secondary N) is 1. The van der Waals surface area contributed by atoms with Crippen LogP contribution in [0.4, 0.5) is 17.4 Å². The fourth-order valence-electron chi connectivity index (χ4n) is 2.73. The average molecular weight is 363 g/mol. The van der Waals surface area contributed by atoms with Gasteiger partial charge in [0.15, 0.2) is 17.3 Å². The number of fused-ring (bicyclic) bond motifs is 1. The molecule has 7 heteroatoms. The number of aromatic nitrogens is 1. The number of pyridine rings is 1. The fourth-order valence-corrected chi connectivity index (χ4v) is 2.73. The SMILES string of the molecule is OCCOc1ccccc1Nc1cc(O)c(C=C2C=Nc3ncccc32)o1. The maximum atomic E-state index is 10.2. The Morgan fingerprint density at radius 1 is 1.19 bits per heavy atom. The second-order valence-electron chi connectivity index (χ2n) is 5.79. The number of aliphatic imine (C=N–C) groups is 1. The highest BCUT2D eigenvalue weighted by atomic mass is 16.5. The Hall–Kier alpha value is -3.58. The van der Waals surface area contributed by atoms with Gasteiger partial charge in [-0.15, -0.1) is 0 Å². The number of rotatable bonds is 6. The summed E-state index contributed by atoms with van der Waals surface area (Å²) in [5.41, 5.74) is 2.35. The first-order valence-corrected chi connectivity index (χ1v) is 8.38. The zero-order valence-electron chi connectivity index (χ0n) is 14.3. The van der Waals surface area contributed by atoms with E-state index in [0.29, 0.717) is 28.9 Å². The maximum Gasteiger partial charge on any atom is 0.201 e. The quantitative estimate of drug-likeness (QED) is 0.617. The average Bonchev–Trinajstić information content (AvgIpc) is 3.25. The van der Waals surface area contributed by atoms with Gasteiger partial charge in [-0.3, -0.25) is 0 Å². The largest absolute Gasteiger partial charge is 0.504 e. The molecular formula is C20H17N3O4. The molecule has 136 valence electrons. The number of aliphatic hydroxyl groups is 1. The van der Waals surface area contributed by atoms with E-state index in [1.807, 2.05) is 30.3 Å². The van der Waals surface area contributed by atoms with Crippen molar-refractivity contribution in [3.8, 4) is 11.5 Å². The first-order valence-electron chi connectivity index (χ1n) is 8.38. The Labute approximate surface area is 155 Å². The minimum absolute atomic E-state index is 0.00416. The van der Waals surface area contributed by atoms with Crippen LogP contribution in [0.25, 0.3) is 11.6 Å². The molecule has 0 amide bonds. The Morgan fingerprint density at radius 2 is 2.07 bits per heavy atom. The second kappa shape index (κ2) is 7.35. The molecule has 27 heavy (non-hydrogen) atoms. The number of aromatic hydroxyl groups is 1. The number of aliphatic hydroxyl groups excluding tert-OH is 1. The molecule has 0 spiro atoms. The summed E-state index contributed by atoms with van der Waals surface area (Å²) in [5, 5.41) is 22.2. The van der Waals surface area contributed by atoms with E-state index in [1.54, 1.807) is 24.6 Å². The van der Waals surface area contributed by atoms with E-state index in [4.69, 9.17) is 14.3 Å². The van der Waals surface area contributed by atoms with Gasteiger partial charge in [0.25, 0.3) is 0 Å². The first-order chi connectivity index (χ1) is 13.2. The summed E-state index contributed by atoms with van der Waals surface area (Å²) in [6, 6.07) is 12.5. The molecule has 1 aromatic carbocycles. The van der Waals surface area contributed by atoms with E-state index in [2.05, 4.69) is 15.3 Å². The molecule has 0 aliphatic carbocycles. The van der Waals surface area contributed by atoms with Gasteiger partial charge in [0.2, 0.25) is 5.88 Å². The van der Waals surface area contributed by atoms with Crippen LogP contribution in [0, 0.1) is 0 Å². The number of hydrogen-bond acceptors (Lipinski definition) is 7. The number of furan rings is 1. The molecule has 1 aliphatic rings. The van der Waals surface area contributed by atoms with Crippen LogP contribution >= 0.6 is 0 Å². The first kappa shape index (κ1) is 16.9. The van der Waals surface area contributed by atoms with E-state index >= 15 is 0 Å². The van der Waals surface area contributed by atoms with Crippen LogP contribution in [-0.4, -0.2) is 34.6 Å².